The van der Waals surface area contributed by atoms with Crippen molar-refractivity contribution in [3.05, 3.63) is 11.3 Å². The van der Waals surface area contributed by atoms with Crippen LogP contribution in [0.2, 0.25) is 0 Å². The quantitative estimate of drug-likeness (QED) is 0.781. The summed E-state index contributed by atoms with van der Waals surface area (Å²) in [6, 6.07) is 0. The van der Waals surface area contributed by atoms with E-state index in [1.807, 2.05) is 11.7 Å². The minimum atomic E-state index is -0.149. The maximum absolute atomic E-state index is 6.15. The molecule has 0 unspecified atom stereocenters. The number of morpholine rings is 1. The molecule has 1 saturated heterocycles. The van der Waals surface area contributed by atoms with Gasteiger partial charge in [0.15, 0.2) is 0 Å². The van der Waals surface area contributed by atoms with Gasteiger partial charge < -0.3 is 9.64 Å². The Morgan fingerprint density at radius 2 is 1.74 bits per heavy atom. The van der Waals surface area contributed by atoms with E-state index < -0.39 is 0 Å². The summed E-state index contributed by atoms with van der Waals surface area (Å²) in [6.07, 6.45) is 0. The molecule has 0 amide bonds. The van der Waals surface area contributed by atoms with Gasteiger partial charge in [-0.3, -0.25) is 4.68 Å². The van der Waals surface area contributed by atoms with Crippen LogP contribution in [0.1, 0.15) is 39.0 Å². The highest BCUT2D eigenvalue weighted by Gasteiger charge is 2.39. The van der Waals surface area contributed by atoms with Gasteiger partial charge in [0.25, 0.3) is 0 Å². The molecule has 1 aromatic heterocycles. The summed E-state index contributed by atoms with van der Waals surface area (Å²) in [7, 11) is 2.02. The molecule has 0 saturated carbocycles. The topological polar surface area (TPSA) is 30.3 Å². The van der Waals surface area contributed by atoms with Gasteiger partial charge in [0, 0.05) is 31.0 Å². The second-order valence-electron chi connectivity index (χ2n) is 6.62. The molecule has 0 atom stereocenters. The molecule has 0 aliphatic carbocycles. The highest BCUT2D eigenvalue weighted by Crippen LogP contribution is 2.34. The molecule has 0 radical (unpaired) electrons. The number of halogens is 1. The van der Waals surface area contributed by atoms with Crippen LogP contribution >= 0.6 is 15.9 Å². The molecule has 0 aromatic carbocycles. The zero-order valence-corrected chi connectivity index (χ0v) is 14.3. The first-order valence-corrected chi connectivity index (χ1v) is 7.81. The predicted octanol–water partition coefficient (Wildman–Crippen LogP) is 3.02. The molecule has 2 rings (SSSR count). The number of aryl methyl sites for hydroxylation is 2. The minimum absolute atomic E-state index is 0.149. The number of nitrogens with zero attached hydrogens (tertiary/aromatic N) is 3. The molecule has 19 heavy (non-hydrogen) atoms. The molecule has 0 N–H and O–H groups in total. The predicted molar refractivity (Wildman–Crippen MR) is 82.0 cm³/mol. The first-order valence-electron chi connectivity index (χ1n) is 6.69. The third-order valence-electron chi connectivity index (χ3n) is 3.44. The lowest BCUT2D eigenvalue weighted by atomic mass is 9.98. The number of alkyl halides is 1. The molecular weight excluding hydrogens is 306 g/mol. The number of hydrogen-bond acceptors (Lipinski definition) is 3. The molecule has 1 aliphatic rings. The molecule has 4 nitrogen and oxygen atoms in total. The summed E-state index contributed by atoms with van der Waals surface area (Å²) in [5.41, 5.74) is 2.07. The van der Waals surface area contributed by atoms with Crippen LogP contribution < -0.4 is 4.90 Å². The van der Waals surface area contributed by atoms with Crippen LogP contribution in [0.25, 0.3) is 0 Å². The van der Waals surface area contributed by atoms with Crippen molar-refractivity contribution >= 4 is 21.7 Å². The van der Waals surface area contributed by atoms with Gasteiger partial charge in [0.1, 0.15) is 5.82 Å². The number of anilines is 1. The molecule has 5 heteroatoms. The highest BCUT2D eigenvalue weighted by molar-refractivity contribution is 9.08. The normalized spacial score (nSPS) is 21.7. The van der Waals surface area contributed by atoms with E-state index in [0.29, 0.717) is 0 Å². The Hall–Kier alpha value is -0.550. The molecule has 2 heterocycles. The van der Waals surface area contributed by atoms with Crippen LogP contribution in [0.15, 0.2) is 0 Å². The second kappa shape index (κ2) is 4.77. The van der Waals surface area contributed by atoms with Gasteiger partial charge in [-0.25, -0.2) is 0 Å². The fourth-order valence-corrected chi connectivity index (χ4v) is 3.84. The van der Waals surface area contributed by atoms with Crippen LogP contribution in [0.4, 0.5) is 5.82 Å². The number of rotatable bonds is 2. The van der Waals surface area contributed by atoms with Crippen LogP contribution in [-0.4, -0.2) is 34.1 Å². The Labute approximate surface area is 124 Å². The van der Waals surface area contributed by atoms with E-state index in [9.17, 15) is 0 Å². The molecule has 0 bridgehead atoms. The lowest BCUT2D eigenvalue weighted by Gasteiger charge is -2.48. The highest BCUT2D eigenvalue weighted by atomic mass is 79.9. The van der Waals surface area contributed by atoms with E-state index in [4.69, 9.17) is 4.74 Å². The summed E-state index contributed by atoms with van der Waals surface area (Å²) in [5.74, 6) is 1.21. The van der Waals surface area contributed by atoms with Crippen LogP contribution in [-0.2, 0) is 17.1 Å². The third kappa shape index (κ3) is 2.97. The molecule has 1 fully saturated rings. The fraction of sp³-hybridized carbons (Fsp3) is 0.786. The first kappa shape index (κ1) is 14.9. The fourth-order valence-electron chi connectivity index (χ4n) is 3.18. The van der Waals surface area contributed by atoms with Gasteiger partial charge in [0.2, 0.25) is 0 Å². The van der Waals surface area contributed by atoms with Gasteiger partial charge in [-0.2, -0.15) is 5.10 Å². The zero-order chi connectivity index (χ0) is 14.4. The molecule has 0 spiro atoms. The monoisotopic (exact) mass is 329 g/mol. The molecular formula is C14H24BrN3O. The van der Waals surface area contributed by atoms with E-state index in [1.165, 1.54) is 11.4 Å². The SMILES string of the molecule is Cc1nn(C)c(N2CC(C)(C)OC(C)(C)C2)c1CBr. The molecule has 1 aromatic rings. The van der Waals surface area contributed by atoms with E-state index in [1.54, 1.807) is 0 Å². The number of aromatic nitrogens is 2. The first-order chi connectivity index (χ1) is 8.65. The van der Waals surface area contributed by atoms with Gasteiger partial charge in [-0.15, -0.1) is 0 Å². The maximum atomic E-state index is 6.15. The third-order valence-corrected chi connectivity index (χ3v) is 4.00. The van der Waals surface area contributed by atoms with E-state index >= 15 is 0 Å². The summed E-state index contributed by atoms with van der Waals surface area (Å²) in [4.78, 5) is 2.40. The van der Waals surface area contributed by atoms with Gasteiger partial charge in [-0.1, -0.05) is 15.9 Å². The van der Waals surface area contributed by atoms with Gasteiger partial charge in [-0.05, 0) is 34.6 Å². The van der Waals surface area contributed by atoms with E-state index in [0.717, 1.165) is 24.1 Å². The van der Waals surface area contributed by atoms with Gasteiger partial charge >= 0.3 is 0 Å². The average Bonchev–Trinajstić information content (AvgIpc) is 2.47. The summed E-state index contributed by atoms with van der Waals surface area (Å²) < 4.78 is 8.14. The van der Waals surface area contributed by atoms with Crippen molar-refractivity contribution in [2.75, 3.05) is 18.0 Å². The average molecular weight is 330 g/mol. The Balaban J connectivity index is 2.41. The lowest BCUT2D eigenvalue weighted by molar-refractivity contribution is -0.133. The lowest BCUT2D eigenvalue weighted by Crippen LogP contribution is -2.57. The van der Waals surface area contributed by atoms with Crippen molar-refractivity contribution in [3.63, 3.8) is 0 Å². The molecule has 108 valence electrons. The van der Waals surface area contributed by atoms with Crippen molar-refractivity contribution in [3.8, 4) is 0 Å². The molecule has 1 aliphatic heterocycles. The number of hydrogen-bond donors (Lipinski definition) is 0. The summed E-state index contributed by atoms with van der Waals surface area (Å²) in [5, 5.41) is 5.39. The smallest absolute Gasteiger partial charge is 0.131 e. The van der Waals surface area contributed by atoms with Crippen LogP contribution in [0, 0.1) is 6.92 Å². The Morgan fingerprint density at radius 3 is 2.21 bits per heavy atom. The largest absolute Gasteiger partial charge is 0.366 e. The second-order valence-corrected chi connectivity index (χ2v) is 7.18. The van der Waals surface area contributed by atoms with E-state index in [2.05, 4.69) is 60.5 Å². The van der Waals surface area contributed by atoms with E-state index in [-0.39, 0.29) is 11.2 Å². The van der Waals surface area contributed by atoms with Crippen molar-refractivity contribution in [2.45, 2.75) is 51.2 Å². The Kier molecular flexibility index (Phi) is 3.73. The van der Waals surface area contributed by atoms with Crippen molar-refractivity contribution in [1.29, 1.82) is 0 Å². The Morgan fingerprint density at radius 1 is 1.21 bits per heavy atom. The minimum Gasteiger partial charge on any atom is -0.366 e. The van der Waals surface area contributed by atoms with Crippen LogP contribution in [0.3, 0.4) is 0 Å². The maximum Gasteiger partial charge on any atom is 0.131 e. The standard InChI is InChI=1S/C14H24BrN3O/c1-10-11(7-15)12(17(6)16-10)18-8-13(2,3)19-14(4,5)9-18/h7-9H2,1-6H3. The zero-order valence-electron chi connectivity index (χ0n) is 12.7. The Bertz CT molecular complexity index is 463. The van der Waals surface area contributed by atoms with Crippen molar-refractivity contribution < 1.29 is 4.74 Å². The number of ether oxygens (including phenoxy) is 1. The van der Waals surface area contributed by atoms with Crippen molar-refractivity contribution in [1.82, 2.24) is 9.78 Å². The van der Waals surface area contributed by atoms with Crippen molar-refractivity contribution in [2.24, 2.45) is 7.05 Å². The van der Waals surface area contributed by atoms with Gasteiger partial charge in [0.05, 0.1) is 16.9 Å². The summed E-state index contributed by atoms with van der Waals surface area (Å²) >= 11 is 3.58. The van der Waals surface area contributed by atoms with Crippen LogP contribution in [0.5, 0.6) is 0 Å². The summed E-state index contributed by atoms with van der Waals surface area (Å²) in [6.45, 7) is 12.4.